The van der Waals surface area contributed by atoms with Gasteiger partial charge in [-0.15, -0.1) is 0 Å². The largest absolute Gasteiger partial charge is 0.493 e. The topological polar surface area (TPSA) is 91.5 Å². The number of rotatable bonds is 8. The van der Waals surface area contributed by atoms with Crippen LogP contribution in [0.4, 0.5) is 10.1 Å². The number of fused-ring (bicyclic) bond motifs is 1. The Balaban J connectivity index is 1.47. The fourth-order valence-electron chi connectivity index (χ4n) is 3.79. The Morgan fingerprint density at radius 3 is 2.58 bits per heavy atom. The first-order valence-electron chi connectivity index (χ1n) is 10.9. The quantitative estimate of drug-likeness (QED) is 0.357. The van der Waals surface area contributed by atoms with Crippen LogP contribution in [0.1, 0.15) is 39.7 Å². The van der Waals surface area contributed by atoms with Crippen molar-refractivity contribution in [1.82, 2.24) is 19.9 Å². The van der Waals surface area contributed by atoms with Gasteiger partial charge in [-0.25, -0.2) is 9.37 Å². The molecule has 0 spiro atoms. The summed E-state index contributed by atoms with van der Waals surface area (Å²) in [6, 6.07) is 14.4. The monoisotopic (exact) mass is 447 g/mol. The molecule has 33 heavy (non-hydrogen) atoms. The van der Waals surface area contributed by atoms with Crippen LogP contribution in [0.15, 0.2) is 54.7 Å². The first-order chi connectivity index (χ1) is 16.0. The summed E-state index contributed by atoms with van der Waals surface area (Å²) in [7, 11) is 0. The van der Waals surface area contributed by atoms with E-state index in [9.17, 15) is 14.3 Å². The van der Waals surface area contributed by atoms with Crippen LogP contribution in [0.5, 0.6) is 5.88 Å². The van der Waals surface area contributed by atoms with Crippen LogP contribution in [0, 0.1) is 12.7 Å². The zero-order valence-corrected chi connectivity index (χ0v) is 18.6. The number of benzene rings is 2. The Morgan fingerprint density at radius 1 is 1.09 bits per heavy atom. The van der Waals surface area contributed by atoms with E-state index in [0.717, 1.165) is 12.1 Å². The van der Waals surface area contributed by atoms with Gasteiger partial charge >= 0.3 is 0 Å². The molecule has 0 unspecified atom stereocenters. The van der Waals surface area contributed by atoms with E-state index >= 15 is 0 Å². The van der Waals surface area contributed by atoms with Gasteiger partial charge in [0, 0.05) is 36.5 Å². The maximum absolute atomic E-state index is 14.1. The first-order valence-corrected chi connectivity index (χ1v) is 10.9. The van der Waals surface area contributed by atoms with Crippen molar-refractivity contribution in [2.45, 2.75) is 26.7 Å². The van der Waals surface area contributed by atoms with E-state index in [1.54, 1.807) is 25.1 Å². The third-order valence-electron chi connectivity index (χ3n) is 5.62. The van der Waals surface area contributed by atoms with E-state index in [2.05, 4.69) is 33.7 Å². The average Bonchev–Trinajstić information content (AvgIpc) is 3.24. The number of nitrogens with zero attached hydrogens (tertiary/aromatic N) is 3. The Labute approximate surface area is 191 Å². The van der Waals surface area contributed by atoms with Crippen molar-refractivity contribution in [3.05, 3.63) is 88.5 Å². The summed E-state index contributed by atoms with van der Waals surface area (Å²) in [4.78, 5) is 17.2. The summed E-state index contributed by atoms with van der Waals surface area (Å²) in [6.45, 7) is 4.79. The lowest BCUT2D eigenvalue weighted by Crippen LogP contribution is -2.29. The lowest BCUT2D eigenvalue weighted by molar-refractivity contribution is 0.0956. The number of hydrogen-bond donors (Lipinski definition) is 3. The number of anilines is 1. The summed E-state index contributed by atoms with van der Waals surface area (Å²) in [6.07, 6.45) is 2.47. The molecule has 0 atom stereocenters. The van der Waals surface area contributed by atoms with Gasteiger partial charge in [-0.1, -0.05) is 43.3 Å². The molecule has 0 aliphatic rings. The van der Waals surface area contributed by atoms with Crippen molar-refractivity contribution in [3.8, 4) is 5.88 Å². The number of nitrogens with one attached hydrogen (secondary N) is 2. The molecule has 0 aliphatic heterocycles. The highest BCUT2D eigenvalue weighted by molar-refractivity contribution is 5.99. The van der Waals surface area contributed by atoms with Crippen LogP contribution in [0.3, 0.4) is 0 Å². The van der Waals surface area contributed by atoms with E-state index in [-0.39, 0.29) is 35.2 Å². The maximum atomic E-state index is 14.1. The van der Waals surface area contributed by atoms with Gasteiger partial charge in [0.2, 0.25) is 5.88 Å². The molecule has 3 N–H and O–H groups in total. The minimum atomic E-state index is -0.355. The summed E-state index contributed by atoms with van der Waals surface area (Å²) < 4.78 is 15.3. The molecule has 2 aromatic heterocycles. The van der Waals surface area contributed by atoms with Gasteiger partial charge in [0.25, 0.3) is 5.91 Å². The molecule has 1 amide bonds. The highest BCUT2D eigenvalue weighted by Gasteiger charge is 2.20. The van der Waals surface area contributed by atoms with E-state index in [0.29, 0.717) is 29.9 Å². The standard InChI is InChI=1S/C25H26FN5O2/c1-3-17-8-5-7-11-22(17)27-12-13-28-24(32)20-15-29-31-23(20)30-16(2)19(25(31)33)14-18-9-4-6-10-21(18)26/h4-11,15,27,33H,3,12-14H2,1-2H3,(H,28,32). The van der Waals surface area contributed by atoms with Crippen molar-refractivity contribution in [2.24, 2.45) is 0 Å². The van der Waals surface area contributed by atoms with Gasteiger partial charge in [-0.2, -0.15) is 9.61 Å². The second-order valence-electron chi connectivity index (χ2n) is 7.75. The normalized spacial score (nSPS) is 11.0. The SMILES string of the molecule is CCc1ccccc1NCCNC(=O)c1cnn2c(O)c(Cc3ccccc3F)c(C)nc12. The van der Waals surface area contributed by atoms with Gasteiger partial charge in [-0.05, 0) is 36.6 Å². The second kappa shape index (κ2) is 9.68. The summed E-state index contributed by atoms with van der Waals surface area (Å²) in [5.41, 5.74) is 4.20. The third kappa shape index (κ3) is 4.64. The number of para-hydroxylation sites is 1. The minimum Gasteiger partial charge on any atom is -0.493 e. The van der Waals surface area contributed by atoms with Gasteiger partial charge in [0.1, 0.15) is 11.4 Å². The summed E-state index contributed by atoms with van der Waals surface area (Å²) >= 11 is 0. The van der Waals surface area contributed by atoms with E-state index < -0.39 is 0 Å². The van der Waals surface area contributed by atoms with Crippen LogP contribution in [-0.2, 0) is 12.8 Å². The third-order valence-corrected chi connectivity index (χ3v) is 5.62. The van der Waals surface area contributed by atoms with Crippen LogP contribution < -0.4 is 10.6 Å². The highest BCUT2D eigenvalue weighted by Crippen LogP contribution is 2.26. The summed E-state index contributed by atoms with van der Waals surface area (Å²) in [5.74, 6) is -0.839. The van der Waals surface area contributed by atoms with Crippen molar-refractivity contribution in [3.63, 3.8) is 0 Å². The van der Waals surface area contributed by atoms with Crippen LogP contribution >= 0.6 is 0 Å². The number of carbonyl (C=O) groups is 1. The smallest absolute Gasteiger partial charge is 0.256 e. The van der Waals surface area contributed by atoms with Crippen LogP contribution in [-0.4, -0.2) is 38.7 Å². The Kier molecular flexibility index (Phi) is 6.53. The second-order valence-corrected chi connectivity index (χ2v) is 7.75. The number of halogens is 1. The zero-order valence-electron chi connectivity index (χ0n) is 18.6. The predicted molar refractivity (Wildman–Crippen MR) is 125 cm³/mol. The molecular formula is C25H26FN5O2. The molecule has 0 saturated heterocycles. The highest BCUT2D eigenvalue weighted by atomic mass is 19.1. The number of amides is 1. The Bertz CT molecular complexity index is 1300. The van der Waals surface area contributed by atoms with Crippen LogP contribution in [0.2, 0.25) is 0 Å². The molecule has 0 radical (unpaired) electrons. The van der Waals surface area contributed by atoms with Crippen molar-refractivity contribution in [2.75, 3.05) is 18.4 Å². The molecule has 170 valence electrons. The van der Waals surface area contributed by atoms with Gasteiger partial charge in [-0.3, -0.25) is 4.79 Å². The molecule has 2 aromatic carbocycles. The van der Waals surface area contributed by atoms with Crippen molar-refractivity contribution < 1.29 is 14.3 Å². The van der Waals surface area contributed by atoms with Crippen LogP contribution in [0.25, 0.3) is 5.65 Å². The lowest BCUT2D eigenvalue weighted by Gasteiger charge is -2.12. The molecule has 7 nitrogen and oxygen atoms in total. The Morgan fingerprint density at radius 2 is 1.82 bits per heavy atom. The molecule has 4 aromatic rings. The number of aryl methyl sites for hydroxylation is 2. The van der Waals surface area contributed by atoms with E-state index in [1.807, 2.05) is 18.2 Å². The molecule has 2 heterocycles. The molecule has 0 bridgehead atoms. The predicted octanol–water partition coefficient (Wildman–Crippen LogP) is 3.88. The van der Waals surface area contributed by atoms with E-state index in [4.69, 9.17) is 0 Å². The Hall–Kier alpha value is -3.94. The fraction of sp³-hybridized carbons (Fsp3) is 0.240. The molecule has 4 rings (SSSR count). The molecule has 0 aliphatic carbocycles. The average molecular weight is 448 g/mol. The molecule has 0 fully saturated rings. The minimum absolute atomic E-state index is 0.155. The maximum Gasteiger partial charge on any atom is 0.256 e. The zero-order chi connectivity index (χ0) is 23.4. The first kappa shape index (κ1) is 22.3. The van der Waals surface area contributed by atoms with Gasteiger partial charge in [0.05, 0.1) is 6.20 Å². The number of aromatic hydroxyl groups is 1. The fourth-order valence-corrected chi connectivity index (χ4v) is 3.79. The molecular weight excluding hydrogens is 421 g/mol. The molecule has 8 heteroatoms. The van der Waals surface area contributed by atoms with Crippen molar-refractivity contribution in [1.29, 1.82) is 0 Å². The molecule has 0 saturated carbocycles. The number of carbonyl (C=O) groups excluding carboxylic acids is 1. The van der Waals surface area contributed by atoms with E-state index in [1.165, 1.54) is 22.3 Å². The lowest BCUT2D eigenvalue weighted by atomic mass is 10.0. The van der Waals surface area contributed by atoms with Crippen molar-refractivity contribution >= 4 is 17.2 Å². The summed E-state index contributed by atoms with van der Waals surface area (Å²) in [5, 5.41) is 21.1. The number of aromatic nitrogens is 3. The number of hydrogen-bond acceptors (Lipinski definition) is 5. The van der Waals surface area contributed by atoms with Gasteiger partial charge in [0.15, 0.2) is 5.65 Å². The van der Waals surface area contributed by atoms with Gasteiger partial charge < -0.3 is 15.7 Å².